The van der Waals surface area contributed by atoms with E-state index in [-0.39, 0.29) is 22.1 Å². The number of halogens is 2. The Hall–Kier alpha value is -3.57. The van der Waals surface area contributed by atoms with Crippen LogP contribution >= 0.6 is 11.6 Å². The van der Waals surface area contributed by atoms with E-state index in [1.54, 1.807) is 54.6 Å². The molecule has 0 aliphatic heterocycles. The summed E-state index contributed by atoms with van der Waals surface area (Å²) in [7, 11) is 0. The minimum Gasteiger partial charge on any atom is -0.409 e. The maximum absolute atomic E-state index is 14.9. The fraction of sp³-hybridized carbons (Fsp3) is 0.0435. The molecule has 1 atom stereocenters. The summed E-state index contributed by atoms with van der Waals surface area (Å²) in [5, 5.41) is 14.3. The summed E-state index contributed by atoms with van der Waals surface area (Å²) in [5.74, 6) is 2.87. The molecule has 3 aromatic rings. The highest BCUT2D eigenvalue weighted by Gasteiger charge is 2.17. The number of carbonyl (C=O) groups is 1. The number of hydrogen-bond acceptors (Lipinski definition) is 6. The third kappa shape index (κ3) is 5.49. The van der Waals surface area contributed by atoms with E-state index in [2.05, 4.69) is 14.8 Å². The predicted octanol–water partition coefficient (Wildman–Crippen LogP) is 4.35. The quantitative estimate of drug-likeness (QED) is 0.124. The van der Waals surface area contributed by atoms with E-state index in [4.69, 9.17) is 28.4 Å². The van der Waals surface area contributed by atoms with Crippen molar-refractivity contribution in [2.24, 2.45) is 16.8 Å². The van der Waals surface area contributed by atoms with Crippen molar-refractivity contribution in [3.05, 3.63) is 88.7 Å². The van der Waals surface area contributed by atoms with E-state index >= 15 is 0 Å². The summed E-state index contributed by atoms with van der Waals surface area (Å²) >= 11 is 4.45. The summed E-state index contributed by atoms with van der Waals surface area (Å²) in [6, 6.07) is 17.7. The first-order chi connectivity index (χ1) is 16.3. The number of nitrogens with two attached hydrogens (primary N) is 2. The Morgan fingerprint density at radius 2 is 1.82 bits per heavy atom. The van der Waals surface area contributed by atoms with Gasteiger partial charge in [0.05, 0.1) is 15.6 Å². The molecule has 0 aliphatic rings. The molecule has 0 saturated carbocycles. The van der Waals surface area contributed by atoms with Crippen molar-refractivity contribution in [1.82, 2.24) is 0 Å². The molecular formula is C23H20ClFN4O4S. The molecule has 1 unspecified atom stereocenters. The number of allylic oxidation sites excluding steroid dienone is 1. The van der Waals surface area contributed by atoms with Gasteiger partial charge < -0.3 is 16.3 Å². The van der Waals surface area contributed by atoms with Crippen LogP contribution in [0.15, 0.2) is 82.6 Å². The van der Waals surface area contributed by atoms with E-state index in [0.29, 0.717) is 27.1 Å². The summed E-state index contributed by atoms with van der Waals surface area (Å²) in [6.45, 7) is 1.43. The Labute approximate surface area is 202 Å². The molecule has 6 N–H and O–H groups in total. The zero-order valence-electron chi connectivity index (χ0n) is 17.8. The lowest BCUT2D eigenvalue weighted by Crippen LogP contribution is -2.14. The second-order valence-electron chi connectivity index (χ2n) is 6.98. The first-order valence-corrected chi connectivity index (χ1v) is 11.2. The van der Waals surface area contributed by atoms with Crippen molar-refractivity contribution < 1.29 is 22.9 Å². The molecule has 0 heterocycles. The average molecular weight is 503 g/mol. The number of hydrogen-bond donors (Lipinski definition) is 4. The summed E-state index contributed by atoms with van der Waals surface area (Å²) in [6.07, 6.45) is 0. The largest absolute Gasteiger partial charge is 0.409 e. The Morgan fingerprint density at radius 3 is 2.50 bits per heavy atom. The van der Waals surface area contributed by atoms with Crippen molar-refractivity contribution in [2.45, 2.75) is 11.8 Å². The van der Waals surface area contributed by atoms with E-state index in [9.17, 15) is 13.4 Å². The molecule has 0 fully saturated rings. The van der Waals surface area contributed by atoms with Gasteiger partial charge in [0.25, 0.3) is 5.91 Å². The third-order valence-electron chi connectivity index (χ3n) is 4.91. The lowest BCUT2D eigenvalue weighted by atomic mass is 10.0. The van der Waals surface area contributed by atoms with Crippen LogP contribution < -0.4 is 16.9 Å². The number of carbonyl (C=O) groups excluding carboxylic acids is 1. The van der Waals surface area contributed by atoms with Crippen molar-refractivity contribution in [1.29, 1.82) is 0 Å². The minimum atomic E-state index is -1.88. The standard InChI is InChI=1S/C23H20ClFN4O4S/c1-13(14-5-4-6-16(11-14)22(26)29-31)21(25)23(30)28-19-10-9-15(12-18(19)24)17-7-2-3-8-20(17)34(32)33-27/h2-12,31H,27H2,1H3,(H2,26,29)(H,28,30)/b21-13+. The smallest absolute Gasteiger partial charge is 0.284 e. The molecule has 0 radical (unpaired) electrons. The molecular weight excluding hydrogens is 483 g/mol. The van der Waals surface area contributed by atoms with Gasteiger partial charge in [-0.05, 0) is 47.9 Å². The minimum absolute atomic E-state index is 0.0519. The Morgan fingerprint density at radius 1 is 1.12 bits per heavy atom. The molecule has 8 nitrogen and oxygen atoms in total. The van der Waals surface area contributed by atoms with Crippen LogP contribution in [0.1, 0.15) is 18.1 Å². The number of oxime groups is 1. The number of anilines is 1. The number of nitrogens with one attached hydrogen (secondary N) is 1. The predicted molar refractivity (Wildman–Crippen MR) is 130 cm³/mol. The van der Waals surface area contributed by atoms with Crippen LogP contribution in [0.4, 0.5) is 10.1 Å². The van der Waals surface area contributed by atoms with Gasteiger partial charge in [-0.15, -0.1) is 0 Å². The van der Waals surface area contributed by atoms with Crippen LogP contribution in [-0.4, -0.2) is 21.2 Å². The van der Waals surface area contributed by atoms with Gasteiger partial charge in [-0.25, -0.2) is 8.60 Å². The number of rotatable bonds is 7. The highest BCUT2D eigenvalue weighted by Crippen LogP contribution is 2.32. The third-order valence-corrected chi connectivity index (χ3v) is 6.11. The molecule has 0 bridgehead atoms. The van der Waals surface area contributed by atoms with Crippen LogP contribution in [0.2, 0.25) is 5.02 Å². The van der Waals surface area contributed by atoms with Gasteiger partial charge in [-0.2, -0.15) is 10.2 Å². The first-order valence-electron chi connectivity index (χ1n) is 9.70. The second-order valence-corrected chi connectivity index (χ2v) is 8.49. The zero-order chi connectivity index (χ0) is 24.8. The molecule has 11 heteroatoms. The topological polar surface area (TPSA) is 140 Å². The highest BCUT2D eigenvalue weighted by atomic mass is 35.5. The fourth-order valence-electron chi connectivity index (χ4n) is 3.13. The molecule has 0 aromatic heterocycles. The maximum Gasteiger partial charge on any atom is 0.284 e. The van der Waals surface area contributed by atoms with Gasteiger partial charge in [0.15, 0.2) is 11.7 Å². The number of nitrogens with zero attached hydrogens (tertiary/aromatic N) is 1. The van der Waals surface area contributed by atoms with E-state index in [1.807, 2.05) is 0 Å². The van der Waals surface area contributed by atoms with Crippen LogP contribution in [0.25, 0.3) is 16.7 Å². The van der Waals surface area contributed by atoms with Crippen LogP contribution in [0.3, 0.4) is 0 Å². The van der Waals surface area contributed by atoms with Crippen molar-refractivity contribution >= 4 is 45.7 Å². The second kappa shape index (κ2) is 11.0. The van der Waals surface area contributed by atoms with E-state index < -0.39 is 22.8 Å². The molecule has 176 valence electrons. The summed E-state index contributed by atoms with van der Waals surface area (Å²) < 4.78 is 31.4. The summed E-state index contributed by atoms with van der Waals surface area (Å²) in [5.41, 5.74) is 7.71. The molecule has 34 heavy (non-hydrogen) atoms. The molecule has 3 aromatic carbocycles. The van der Waals surface area contributed by atoms with E-state index in [1.165, 1.54) is 19.1 Å². The molecule has 0 aliphatic carbocycles. The Kier molecular flexibility index (Phi) is 8.13. The molecule has 0 saturated heterocycles. The molecule has 3 rings (SSSR count). The van der Waals surface area contributed by atoms with Gasteiger partial charge in [-0.1, -0.05) is 59.2 Å². The number of amidine groups is 1. The van der Waals surface area contributed by atoms with Gasteiger partial charge in [0.1, 0.15) is 0 Å². The monoisotopic (exact) mass is 502 g/mol. The summed E-state index contributed by atoms with van der Waals surface area (Å²) in [4.78, 5) is 12.9. The van der Waals surface area contributed by atoms with Crippen LogP contribution in [0.5, 0.6) is 0 Å². The van der Waals surface area contributed by atoms with Gasteiger partial charge in [-0.3, -0.25) is 4.79 Å². The van der Waals surface area contributed by atoms with E-state index in [0.717, 1.165) is 0 Å². The normalized spacial score (nSPS) is 13.2. The fourth-order valence-corrected chi connectivity index (χ4v) is 4.02. The van der Waals surface area contributed by atoms with Gasteiger partial charge in [0.2, 0.25) is 11.1 Å². The van der Waals surface area contributed by atoms with Crippen molar-refractivity contribution in [3.63, 3.8) is 0 Å². The lowest BCUT2D eigenvalue weighted by Gasteiger charge is -2.12. The SMILES string of the molecule is C/C(=C(\F)C(=O)Nc1ccc(-c2ccccc2S(=O)ON)cc1Cl)c1cccc(/C(N)=N/O)c1. The molecule has 0 spiro atoms. The highest BCUT2D eigenvalue weighted by molar-refractivity contribution is 7.80. The van der Waals surface area contributed by atoms with Crippen molar-refractivity contribution in [2.75, 3.05) is 5.32 Å². The average Bonchev–Trinajstić information content (AvgIpc) is 2.87. The lowest BCUT2D eigenvalue weighted by molar-refractivity contribution is -0.114. The van der Waals surface area contributed by atoms with Crippen molar-refractivity contribution in [3.8, 4) is 11.1 Å². The first kappa shape index (κ1) is 25.1. The molecule has 1 amide bonds. The number of amides is 1. The number of benzene rings is 3. The Balaban J connectivity index is 1.87. The zero-order valence-corrected chi connectivity index (χ0v) is 19.4. The maximum atomic E-state index is 14.9. The van der Waals surface area contributed by atoms with Gasteiger partial charge >= 0.3 is 0 Å². The van der Waals surface area contributed by atoms with Crippen LogP contribution in [0, 0.1) is 0 Å². The van der Waals surface area contributed by atoms with Gasteiger partial charge in [0, 0.05) is 11.1 Å². The Bertz CT molecular complexity index is 1330. The van der Waals surface area contributed by atoms with Crippen LogP contribution in [-0.2, 0) is 20.2 Å².